The summed E-state index contributed by atoms with van der Waals surface area (Å²) in [5.41, 5.74) is 0.174. The fourth-order valence-electron chi connectivity index (χ4n) is 2.30. The third kappa shape index (κ3) is 3.40. The third-order valence-electron chi connectivity index (χ3n) is 3.48. The lowest BCUT2D eigenvalue weighted by atomic mass is 10.2. The minimum Gasteiger partial charge on any atom is -0.454 e. The van der Waals surface area contributed by atoms with Crippen molar-refractivity contribution in [3.8, 4) is 0 Å². The van der Waals surface area contributed by atoms with E-state index < -0.39 is 17.0 Å². The summed E-state index contributed by atoms with van der Waals surface area (Å²) in [5, 5.41) is 14.8. The second-order valence-corrected chi connectivity index (χ2v) is 5.91. The first-order valence-corrected chi connectivity index (χ1v) is 7.57. The largest absolute Gasteiger partial charge is 0.454 e. The van der Waals surface area contributed by atoms with Gasteiger partial charge >= 0.3 is 5.97 Å². The Morgan fingerprint density at radius 3 is 2.74 bits per heavy atom. The molecular weight excluding hydrogens is 370 g/mol. The van der Waals surface area contributed by atoms with Gasteiger partial charge in [0.25, 0.3) is 5.69 Å². The second kappa shape index (κ2) is 6.47. The monoisotopic (exact) mass is 381 g/mol. The minimum absolute atomic E-state index is 0.0787. The Balaban J connectivity index is 1.70. The van der Waals surface area contributed by atoms with Crippen LogP contribution in [-0.4, -0.2) is 40.0 Å². The summed E-state index contributed by atoms with van der Waals surface area (Å²) in [7, 11) is 0. The number of carbonyl (C=O) groups is 1. The molecule has 0 saturated carbocycles. The van der Waals surface area contributed by atoms with E-state index in [2.05, 4.69) is 21.0 Å². The van der Waals surface area contributed by atoms with E-state index in [9.17, 15) is 14.9 Å². The average molecular weight is 382 g/mol. The molecule has 2 aromatic rings. The van der Waals surface area contributed by atoms with Crippen molar-refractivity contribution >= 4 is 27.6 Å². The zero-order chi connectivity index (χ0) is 16.4. The molecule has 1 aromatic carbocycles. The first-order valence-electron chi connectivity index (χ1n) is 6.77. The summed E-state index contributed by atoms with van der Waals surface area (Å²) >= 11 is 3.32. The third-order valence-corrected chi connectivity index (χ3v) is 3.89. The van der Waals surface area contributed by atoms with E-state index in [1.54, 1.807) is 17.1 Å². The lowest BCUT2D eigenvalue weighted by molar-refractivity contribution is -0.384. The topological polar surface area (TPSA) is 96.5 Å². The first kappa shape index (κ1) is 15.6. The van der Waals surface area contributed by atoms with Crippen LogP contribution in [0.3, 0.4) is 0 Å². The summed E-state index contributed by atoms with van der Waals surface area (Å²) in [5.74, 6) is -0.549. The number of hydrogen-bond donors (Lipinski definition) is 0. The molecule has 2 atom stereocenters. The first-order chi connectivity index (χ1) is 11.0. The summed E-state index contributed by atoms with van der Waals surface area (Å²) in [4.78, 5) is 22.3. The van der Waals surface area contributed by atoms with Gasteiger partial charge in [-0.3, -0.25) is 14.8 Å². The molecule has 1 aliphatic rings. The van der Waals surface area contributed by atoms with E-state index in [1.165, 1.54) is 24.3 Å². The fraction of sp³-hybridized carbons (Fsp3) is 0.286. The molecule has 1 aliphatic heterocycles. The van der Waals surface area contributed by atoms with Crippen LogP contribution in [0.15, 0.2) is 41.1 Å². The van der Waals surface area contributed by atoms with Crippen LogP contribution in [0, 0.1) is 10.1 Å². The molecule has 1 aromatic heterocycles. The van der Waals surface area contributed by atoms with Crippen molar-refractivity contribution in [3.63, 3.8) is 0 Å². The highest BCUT2D eigenvalue weighted by atomic mass is 79.9. The van der Waals surface area contributed by atoms with Gasteiger partial charge < -0.3 is 9.47 Å². The molecule has 1 fully saturated rings. The maximum atomic E-state index is 12.2. The van der Waals surface area contributed by atoms with E-state index in [0.29, 0.717) is 6.61 Å². The molecule has 0 aliphatic carbocycles. The predicted molar refractivity (Wildman–Crippen MR) is 82.1 cm³/mol. The van der Waals surface area contributed by atoms with Crippen LogP contribution >= 0.6 is 15.9 Å². The highest BCUT2D eigenvalue weighted by Crippen LogP contribution is 2.24. The molecule has 0 spiro atoms. The zero-order valence-electron chi connectivity index (χ0n) is 11.8. The number of aromatic nitrogens is 2. The number of esters is 1. The van der Waals surface area contributed by atoms with Crippen molar-refractivity contribution in [2.75, 3.05) is 13.2 Å². The Hall–Kier alpha value is -2.26. The van der Waals surface area contributed by atoms with E-state index in [-0.39, 0.29) is 23.9 Å². The van der Waals surface area contributed by atoms with E-state index >= 15 is 0 Å². The molecule has 0 bridgehead atoms. The van der Waals surface area contributed by atoms with E-state index in [0.717, 1.165) is 4.47 Å². The molecule has 120 valence electrons. The molecule has 0 amide bonds. The van der Waals surface area contributed by atoms with Gasteiger partial charge in [0.05, 0.1) is 34.4 Å². The standard InChI is InChI=1S/C14H12BrN3O5/c15-10-5-16-17(6-10)12-7-22-8-13(12)23-14(19)9-1-3-11(4-2-9)18(20)21/h1-6,12-13H,7-8H2/t12-,13+/m0/s1. The van der Waals surface area contributed by atoms with Gasteiger partial charge in [-0.1, -0.05) is 0 Å². The Morgan fingerprint density at radius 2 is 2.13 bits per heavy atom. The van der Waals surface area contributed by atoms with Crippen LogP contribution in [0.4, 0.5) is 5.69 Å². The van der Waals surface area contributed by atoms with Gasteiger partial charge in [0.15, 0.2) is 0 Å². The fourth-order valence-corrected chi connectivity index (χ4v) is 2.60. The van der Waals surface area contributed by atoms with Crippen molar-refractivity contribution in [2.45, 2.75) is 12.1 Å². The molecule has 23 heavy (non-hydrogen) atoms. The van der Waals surface area contributed by atoms with Crippen molar-refractivity contribution in [1.82, 2.24) is 9.78 Å². The molecule has 9 heteroatoms. The summed E-state index contributed by atoms with van der Waals surface area (Å²) in [6.07, 6.45) is 2.96. The molecule has 2 heterocycles. The van der Waals surface area contributed by atoms with Crippen LogP contribution in [0.5, 0.6) is 0 Å². The molecule has 0 N–H and O–H groups in total. The molecular formula is C14H12BrN3O5. The van der Waals surface area contributed by atoms with Crippen molar-refractivity contribution in [1.29, 1.82) is 0 Å². The number of rotatable bonds is 4. The van der Waals surface area contributed by atoms with Gasteiger partial charge in [-0.25, -0.2) is 4.79 Å². The second-order valence-electron chi connectivity index (χ2n) is 4.99. The summed E-state index contributed by atoms with van der Waals surface area (Å²) in [6.45, 7) is 0.674. The molecule has 3 rings (SSSR count). The number of halogens is 1. The van der Waals surface area contributed by atoms with Gasteiger partial charge in [-0.05, 0) is 28.1 Å². The van der Waals surface area contributed by atoms with Crippen molar-refractivity contribution in [2.24, 2.45) is 0 Å². The van der Waals surface area contributed by atoms with Gasteiger partial charge in [0, 0.05) is 18.3 Å². The quantitative estimate of drug-likeness (QED) is 0.458. The van der Waals surface area contributed by atoms with Crippen LogP contribution in [-0.2, 0) is 9.47 Å². The smallest absolute Gasteiger partial charge is 0.338 e. The van der Waals surface area contributed by atoms with Crippen LogP contribution in [0.25, 0.3) is 0 Å². The Bertz CT molecular complexity index is 730. The van der Waals surface area contributed by atoms with Crippen molar-refractivity contribution in [3.05, 3.63) is 56.8 Å². The Morgan fingerprint density at radius 1 is 1.39 bits per heavy atom. The Labute approximate surface area is 139 Å². The van der Waals surface area contributed by atoms with Crippen LogP contribution < -0.4 is 0 Å². The number of benzene rings is 1. The number of nitro groups is 1. The number of nitrogens with zero attached hydrogens (tertiary/aromatic N) is 3. The van der Waals surface area contributed by atoms with Gasteiger partial charge in [0.1, 0.15) is 12.1 Å². The highest BCUT2D eigenvalue weighted by Gasteiger charge is 2.34. The van der Waals surface area contributed by atoms with Gasteiger partial charge in [-0.15, -0.1) is 0 Å². The van der Waals surface area contributed by atoms with Crippen LogP contribution in [0.1, 0.15) is 16.4 Å². The summed E-state index contributed by atoms with van der Waals surface area (Å²) in [6, 6.07) is 5.07. The lowest BCUT2D eigenvalue weighted by Crippen LogP contribution is -2.28. The van der Waals surface area contributed by atoms with Crippen molar-refractivity contribution < 1.29 is 19.2 Å². The zero-order valence-corrected chi connectivity index (χ0v) is 13.4. The van der Waals surface area contributed by atoms with E-state index in [1.807, 2.05) is 0 Å². The van der Waals surface area contributed by atoms with Crippen LogP contribution in [0.2, 0.25) is 0 Å². The van der Waals surface area contributed by atoms with E-state index in [4.69, 9.17) is 9.47 Å². The molecule has 0 unspecified atom stereocenters. The highest BCUT2D eigenvalue weighted by molar-refractivity contribution is 9.10. The SMILES string of the molecule is O=C(O[C@@H]1COC[C@@H]1n1cc(Br)cn1)c1ccc([N+](=O)[O-])cc1. The Kier molecular flexibility index (Phi) is 4.39. The lowest BCUT2D eigenvalue weighted by Gasteiger charge is -2.18. The van der Waals surface area contributed by atoms with Gasteiger partial charge in [0.2, 0.25) is 0 Å². The minimum atomic E-state index is -0.549. The summed E-state index contributed by atoms with van der Waals surface area (Å²) < 4.78 is 13.4. The maximum absolute atomic E-state index is 12.2. The van der Waals surface area contributed by atoms with Gasteiger partial charge in [-0.2, -0.15) is 5.10 Å². The molecule has 0 radical (unpaired) electrons. The maximum Gasteiger partial charge on any atom is 0.338 e. The average Bonchev–Trinajstić information content (AvgIpc) is 3.16. The molecule has 1 saturated heterocycles. The number of carbonyl (C=O) groups excluding carboxylic acids is 1. The predicted octanol–water partition coefficient (Wildman–Crippen LogP) is 2.35. The number of nitro benzene ring substituents is 1. The molecule has 8 nitrogen and oxygen atoms in total. The number of ether oxygens (including phenoxy) is 2. The number of hydrogen-bond acceptors (Lipinski definition) is 6. The number of non-ortho nitro benzene ring substituents is 1. The normalized spacial score (nSPS) is 20.4.